The van der Waals surface area contributed by atoms with Gasteiger partial charge in [-0.3, -0.25) is 10.5 Å². The van der Waals surface area contributed by atoms with Crippen LogP contribution in [0.15, 0.2) is 28.9 Å². The molecule has 0 aliphatic heterocycles. The highest BCUT2D eigenvalue weighted by atomic mass is 79.9. The summed E-state index contributed by atoms with van der Waals surface area (Å²) in [6, 6.07) is 5.50. The molecule has 1 unspecified atom stereocenters. The number of benzene rings is 1. The number of halogens is 1. The minimum atomic E-state index is -0.213. The van der Waals surface area contributed by atoms with Gasteiger partial charge in [0.25, 0.3) is 0 Å². The Morgan fingerprint density at radius 1 is 1.50 bits per heavy atom. The van der Waals surface area contributed by atoms with Crippen molar-refractivity contribution < 1.29 is 4.74 Å². The topological polar surface area (TPSA) is 78.0 Å². The Morgan fingerprint density at radius 3 is 2.83 bits per heavy atom. The van der Waals surface area contributed by atoms with E-state index in [1.54, 1.807) is 18.0 Å². The lowest BCUT2D eigenvalue weighted by Gasteiger charge is -2.18. The van der Waals surface area contributed by atoms with Crippen LogP contribution in [0.5, 0.6) is 5.75 Å². The van der Waals surface area contributed by atoms with E-state index in [4.69, 9.17) is 10.6 Å². The summed E-state index contributed by atoms with van der Waals surface area (Å²) in [5.41, 5.74) is 4.59. The van der Waals surface area contributed by atoms with Crippen molar-refractivity contribution in [2.24, 2.45) is 12.9 Å². The van der Waals surface area contributed by atoms with Crippen LogP contribution in [-0.4, -0.2) is 22.1 Å². The molecule has 6 nitrogen and oxygen atoms in total. The average molecular weight is 312 g/mol. The maximum Gasteiger partial charge on any atom is 0.119 e. The van der Waals surface area contributed by atoms with Crippen molar-refractivity contribution in [2.75, 3.05) is 7.11 Å². The molecule has 0 saturated carbocycles. The van der Waals surface area contributed by atoms with Gasteiger partial charge < -0.3 is 4.74 Å². The van der Waals surface area contributed by atoms with Gasteiger partial charge in [0.05, 0.1) is 25.0 Å². The second-order valence-corrected chi connectivity index (χ2v) is 4.62. The summed E-state index contributed by atoms with van der Waals surface area (Å²) in [6.07, 6.45) is 1.68. The highest BCUT2D eigenvalue weighted by Gasteiger charge is 2.19. The van der Waals surface area contributed by atoms with E-state index < -0.39 is 0 Å². The molecule has 1 atom stereocenters. The Bertz CT molecular complexity index is 542. The highest BCUT2D eigenvalue weighted by molar-refractivity contribution is 9.10. The number of aromatic nitrogens is 3. The molecule has 2 rings (SSSR count). The molecule has 0 aliphatic carbocycles. The maximum atomic E-state index is 5.64. The first-order chi connectivity index (χ1) is 8.67. The van der Waals surface area contributed by atoms with Crippen LogP contribution in [0.25, 0.3) is 0 Å². The van der Waals surface area contributed by atoms with E-state index >= 15 is 0 Å². The summed E-state index contributed by atoms with van der Waals surface area (Å²) in [7, 11) is 3.45. The van der Waals surface area contributed by atoms with E-state index in [2.05, 4.69) is 31.7 Å². The normalized spacial score (nSPS) is 12.4. The Kier molecular flexibility index (Phi) is 3.95. The van der Waals surface area contributed by atoms with Crippen molar-refractivity contribution in [2.45, 2.75) is 6.04 Å². The van der Waals surface area contributed by atoms with Gasteiger partial charge in [0.1, 0.15) is 5.75 Å². The first-order valence-electron chi connectivity index (χ1n) is 5.31. The fourth-order valence-corrected chi connectivity index (χ4v) is 2.24. The fourth-order valence-electron chi connectivity index (χ4n) is 1.76. The zero-order valence-electron chi connectivity index (χ0n) is 10.1. The van der Waals surface area contributed by atoms with Crippen LogP contribution >= 0.6 is 15.9 Å². The molecule has 0 radical (unpaired) electrons. The summed E-state index contributed by atoms with van der Waals surface area (Å²) < 4.78 is 7.84. The molecule has 0 bridgehead atoms. The minimum Gasteiger partial charge on any atom is -0.497 e. The van der Waals surface area contributed by atoms with Gasteiger partial charge in [-0.05, 0) is 23.8 Å². The van der Waals surface area contributed by atoms with Crippen molar-refractivity contribution in [3.63, 3.8) is 0 Å². The van der Waals surface area contributed by atoms with Crippen molar-refractivity contribution in [1.29, 1.82) is 0 Å². The Balaban J connectivity index is 2.48. The van der Waals surface area contributed by atoms with E-state index in [0.717, 1.165) is 21.5 Å². The van der Waals surface area contributed by atoms with Crippen LogP contribution in [-0.2, 0) is 7.05 Å². The van der Waals surface area contributed by atoms with Crippen LogP contribution in [0.2, 0.25) is 0 Å². The molecular weight excluding hydrogens is 298 g/mol. The lowest BCUT2D eigenvalue weighted by atomic mass is 10.0. The third kappa shape index (κ3) is 2.38. The molecule has 1 aromatic carbocycles. The minimum absolute atomic E-state index is 0.213. The van der Waals surface area contributed by atoms with Crippen molar-refractivity contribution in [1.82, 2.24) is 20.4 Å². The molecule has 1 aromatic heterocycles. The summed E-state index contributed by atoms with van der Waals surface area (Å²) in [5.74, 6) is 6.41. The number of nitrogens with zero attached hydrogens (tertiary/aromatic N) is 3. The highest BCUT2D eigenvalue weighted by Crippen LogP contribution is 2.30. The zero-order chi connectivity index (χ0) is 13.1. The summed E-state index contributed by atoms with van der Waals surface area (Å²) in [6.45, 7) is 0. The number of nitrogens with one attached hydrogen (secondary N) is 1. The second kappa shape index (κ2) is 5.47. The predicted octanol–water partition coefficient (Wildman–Crippen LogP) is 1.14. The molecule has 0 fully saturated rings. The molecule has 96 valence electrons. The third-order valence-corrected chi connectivity index (χ3v) is 3.45. The Labute approximate surface area is 113 Å². The van der Waals surface area contributed by atoms with Crippen molar-refractivity contribution >= 4 is 15.9 Å². The molecule has 1 heterocycles. The third-order valence-electron chi connectivity index (χ3n) is 2.73. The fraction of sp³-hybridized carbons (Fsp3) is 0.273. The molecule has 0 amide bonds. The lowest BCUT2D eigenvalue weighted by Crippen LogP contribution is -2.30. The first-order valence-corrected chi connectivity index (χ1v) is 6.10. The quantitative estimate of drug-likeness (QED) is 0.654. The number of hydrogen-bond acceptors (Lipinski definition) is 5. The van der Waals surface area contributed by atoms with Gasteiger partial charge in [-0.25, -0.2) is 5.43 Å². The number of aryl methyl sites for hydroxylation is 1. The number of nitrogens with two attached hydrogens (primary N) is 1. The average Bonchev–Trinajstić information content (AvgIpc) is 2.79. The first kappa shape index (κ1) is 13.0. The number of hydrogen-bond donors (Lipinski definition) is 2. The van der Waals surface area contributed by atoms with Crippen molar-refractivity contribution in [3.05, 3.63) is 40.1 Å². The molecule has 0 saturated heterocycles. The number of hydrazine groups is 1. The predicted molar refractivity (Wildman–Crippen MR) is 70.9 cm³/mol. The van der Waals surface area contributed by atoms with Crippen LogP contribution in [0.4, 0.5) is 0 Å². The van der Waals surface area contributed by atoms with Crippen LogP contribution in [0.1, 0.15) is 17.3 Å². The molecule has 7 heteroatoms. The molecule has 2 aromatic rings. The van der Waals surface area contributed by atoms with E-state index in [9.17, 15) is 0 Å². The monoisotopic (exact) mass is 311 g/mol. The van der Waals surface area contributed by atoms with E-state index in [1.807, 2.05) is 25.2 Å². The number of ether oxygens (including phenoxy) is 1. The summed E-state index contributed by atoms with van der Waals surface area (Å²) in [5, 5.41) is 7.77. The molecule has 0 spiro atoms. The standard InChI is InChI=1S/C11H14BrN5O/c1-17-10(6-14-16-17)11(15-13)8-5-7(18-2)3-4-9(8)12/h3-6,11,15H,13H2,1-2H3. The Morgan fingerprint density at radius 2 is 2.28 bits per heavy atom. The largest absolute Gasteiger partial charge is 0.497 e. The molecule has 0 aliphatic rings. The van der Waals surface area contributed by atoms with Gasteiger partial charge in [-0.15, -0.1) is 5.10 Å². The summed E-state index contributed by atoms with van der Waals surface area (Å²) >= 11 is 3.51. The van der Waals surface area contributed by atoms with Crippen LogP contribution in [0.3, 0.4) is 0 Å². The van der Waals surface area contributed by atoms with Gasteiger partial charge in [0.2, 0.25) is 0 Å². The number of methoxy groups -OCH3 is 1. The Hall–Kier alpha value is -1.44. The smallest absolute Gasteiger partial charge is 0.119 e. The van der Waals surface area contributed by atoms with Crippen LogP contribution in [0, 0.1) is 0 Å². The maximum absolute atomic E-state index is 5.64. The van der Waals surface area contributed by atoms with Gasteiger partial charge in [-0.2, -0.15) is 0 Å². The zero-order valence-corrected chi connectivity index (χ0v) is 11.7. The summed E-state index contributed by atoms with van der Waals surface area (Å²) in [4.78, 5) is 0. The van der Waals surface area contributed by atoms with Gasteiger partial charge in [-0.1, -0.05) is 21.1 Å². The van der Waals surface area contributed by atoms with Crippen LogP contribution < -0.4 is 16.0 Å². The van der Waals surface area contributed by atoms with Crippen molar-refractivity contribution in [3.8, 4) is 5.75 Å². The lowest BCUT2D eigenvalue weighted by molar-refractivity contribution is 0.413. The van der Waals surface area contributed by atoms with E-state index in [1.165, 1.54) is 0 Å². The molecular formula is C11H14BrN5O. The van der Waals surface area contributed by atoms with E-state index in [-0.39, 0.29) is 6.04 Å². The molecule has 18 heavy (non-hydrogen) atoms. The second-order valence-electron chi connectivity index (χ2n) is 3.77. The van der Waals surface area contributed by atoms with Gasteiger partial charge in [0, 0.05) is 11.5 Å². The van der Waals surface area contributed by atoms with Gasteiger partial charge >= 0.3 is 0 Å². The SMILES string of the molecule is COc1ccc(Br)c(C(NN)c2cnnn2C)c1. The number of rotatable bonds is 4. The van der Waals surface area contributed by atoms with E-state index in [0.29, 0.717) is 0 Å². The molecule has 3 N–H and O–H groups in total. The van der Waals surface area contributed by atoms with Gasteiger partial charge in [0.15, 0.2) is 0 Å².